The Morgan fingerprint density at radius 3 is 2.92 bits per heavy atom. The van der Waals surface area contributed by atoms with Gasteiger partial charge < -0.3 is 9.80 Å². The molecule has 8 heteroatoms. The van der Waals surface area contributed by atoms with E-state index in [0.29, 0.717) is 31.7 Å². The number of pyridine rings is 1. The zero-order chi connectivity index (χ0) is 18.3. The van der Waals surface area contributed by atoms with Gasteiger partial charge in [-0.2, -0.15) is 13.2 Å². The van der Waals surface area contributed by atoms with Gasteiger partial charge in [0, 0.05) is 42.9 Å². The first-order valence-corrected chi connectivity index (χ1v) is 9.42. The predicted octanol–water partition coefficient (Wildman–Crippen LogP) is 3.57. The van der Waals surface area contributed by atoms with Crippen LogP contribution >= 0.6 is 11.3 Å². The van der Waals surface area contributed by atoms with E-state index in [0.717, 1.165) is 19.0 Å². The van der Waals surface area contributed by atoms with Gasteiger partial charge in [0.15, 0.2) is 0 Å². The van der Waals surface area contributed by atoms with Gasteiger partial charge in [-0.3, -0.25) is 9.78 Å². The molecule has 4 heterocycles. The minimum Gasteiger partial charge on any atom is -0.371 e. The summed E-state index contributed by atoms with van der Waals surface area (Å²) in [5.41, 5.74) is 0.792. The lowest BCUT2D eigenvalue weighted by molar-refractivity contribution is -0.141. The number of hydrogen-bond donors (Lipinski definition) is 0. The van der Waals surface area contributed by atoms with E-state index in [1.165, 1.54) is 16.6 Å². The van der Waals surface area contributed by atoms with Crippen molar-refractivity contribution in [3.05, 3.63) is 45.9 Å². The van der Waals surface area contributed by atoms with Crippen molar-refractivity contribution in [1.82, 2.24) is 9.88 Å². The second-order valence-electron chi connectivity index (χ2n) is 6.71. The molecule has 1 amide bonds. The largest absolute Gasteiger partial charge is 0.433 e. The molecule has 0 aliphatic carbocycles. The molecule has 4 nitrogen and oxygen atoms in total. The third-order valence-corrected chi connectivity index (χ3v) is 6.08. The fraction of sp³-hybridized carbons (Fsp3) is 0.444. The Kier molecular flexibility index (Phi) is 4.38. The molecule has 1 fully saturated rings. The van der Waals surface area contributed by atoms with Crippen LogP contribution in [0.3, 0.4) is 0 Å². The van der Waals surface area contributed by atoms with E-state index in [4.69, 9.17) is 0 Å². The quantitative estimate of drug-likeness (QED) is 0.798. The molecule has 0 radical (unpaired) electrons. The number of carbonyl (C=O) groups is 1. The van der Waals surface area contributed by atoms with Gasteiger partial charge in [0.2, 0.25) is 5.91 Å². The van der Waals surface area contributed by atoms with E-state index in [-0.39, 0.29) is 11.8 Å². The second kappa shape index (κ2) is 6.57. The van der Waals surface area contributed by atoms with E-state index < -0.39 is 11.9 Å². The number of carbonyl (C=O) groups excluding carboxylic acids is 1. The lowest BCUT2D eigenvalue weighted by Crippen LogP contribution is -2.40. The lowest BCUT2D eigenvalue weighted by atomic mass is 10.0. The highest BCUT2D eigenvalue weighted by molar-refractivity contribution is 7.10. The van der Waals surface area contributed by atoms with Crippen molar-refractivity contribution >= 4 is 22.9 Å². The van der Waals surface area contributed by atoms with Crippen LogP contribution in [0.15, 0.2) is 29.8 Å². The summed E-state index contributed by atoms with van der Waals surface area (Å²) in [7, 11) is 0. The van der Waals surface area contributed by atoms with Gasteiger partial charge in [-0.25, -0.2) is 0 Å². The number of thiophene rings is 1. The summed E-state index contributed by atoms with van der Waals surface area (Å²) in [4.78, 5) is 21.3. The van der Waals surface area contributed by atoms with Crippen molar-refractivity contribution in [1.29, 1.82) is 0 Å². The molecule has 0 saturated carbocycles. The Hall–Kier alpha value is -2.09. The molecule has 0 N–H and O–H groups in total. The highest BCUT2D eigenvalue weighted by Crippen LogP contribution is 2.32. The van der Waals surface area contributed by atoms with Crippen LogP contribution in [0.4, 0.5) is 18.9 Å². The Labute approximate surface area is 153 Å². The van der Waals surface area contributed by atoms with Crippen molar-refractivity contribution < 1.29 is 18.0 Å². The summed E-state index contributed by atoms with van der Waals surface area (Å²) < 4.78 is 38.6. The molecule has 1 atom stereocenters. The summed E-state index contributed by atoms with van der Waals surface area (Å²) in [6.07, 6.45) is -1.74. The number of amides is 1. The first-order chi connectivity index (χ1) is 12.4. The average molecular weight is 381 g/mol. The Morgan fingerprint density at radius 2 is 2.12 bits per heavy atom. The molecule has 2 aromatic rings. The highest BCUT2D eigenvalue weighted by atomic mass is 32.1. The van der Waals surface area contributed by atoms with Crippen LogP contribution in [-0.2, 0) is 23.9 Å². The molecule has 26 heavy (non-hydrogen) atoms. The number of alkyl halides is 3. The highest BCUT2D eigenvalue weighted by Gasteiger charge is 2.35. The van der Waals surface area contributed by atoms with Crippen LogP contribution in [0.2, 0.25) is 0 Å². The molecular weight excluding hydrogens is 363 g/mol. The molecule has 0 spiro atoms. The van der Waals surface area contributed by atoms with E-state index in [1.807, 2.05) is 9.80 Å². The summed E-state index contributed by atoms with van der Waals surface area (Å²) in [6.45, 7) is 2.39. The van der Waals surface area contributed by atoms with Crippen LogP contribution < -0.4 is 4.90 Å². The molecule has 2 aromatic heterocycles. The molecule has 0 bridgehead atoms. The third-order valence-electron chi connectivity index (χ3n) is 5.06. The number of rotatable bonds is 2. The summed E-state index contributed by atoms with van der Waals surface area (Å²) in [6, 6.07) is 4.70. The van der Waals surface area contributed by atoms with Gasteiger partial charge in [-0.15, -0.1) is 11.3 Å². The summed E-state index contributed by atoms with van der Waals surface area (Å²) in [5.74, 6) is -0.0628. The third kappa shape index (κ3) is 3.30. The first-order valence-electron chi connectivity index (χ1n) is 8.54. The van der Waals surface area contributed by atoms with E-state index in [1.54, 1.807) is 17.4 Å². The molecular formula is C18H18F3N3OS. The number of hydrogen-bond acceptors (Lipinski definition) is 4. The molecule has 2 aliphatic heterocycles. The minimum atomic E-state index is -4.46. The first kappa shape index (κ1) is 17.3. The van der Waals surface area contributed by atoms with E-state index >= 15 is 0 Å². The van der Waals surface area contributed by atoms with Crippen LogP contribution in [0.1, 0.15) is 22.6 Å². The van der Waals surface area contributed by atoms with Crippen LogP contribution in [0.5, 0.6) is 0 Å². The monoisotopic (exact) mass is 381 g/mol. The van der Waals surface area contributed by atoms with Crippen LogP contribution in [-0.4, -0.2) is 35.4 Å². The zero-order valence-corrected chi connectivity index (χ0v) is 14.8. The van der Waals surface area contributed by atoms with Crippen molar-refractivity contribution in [3.63, 3.8) is 0 Å². The maximum absolute atomic E-state index is 12.9. The molecule has 2 aliphatic rings. The normalized spacial score (nSPS) is 20.3. The van der Waals surface area contributed by atoms with Gasteiger partial charge in [0.1, 0.15) is 5.69 Å². The van der Waals surface area contributed by atoms with Gasteiger partial charge >= 0.3 is 6.18 Å². The number of anilines is 1. The zero-order valence-electron chi connectivity index (χ0n) is 14.0. The van der Waals surface area contributed by atoms with Crippen LogP contribution in [0.25, 0.3) is 0 Å². The standard InChI is InChI=1S/C18H18F3N3OS/c19-18(20,21)16-9-14(1-5-22-16)23-6-2-13(11-23)17(25)24-7-3-15-12(10-24)4-8-26-15/h1,4-5,8-9,13H,2-3,6-7,10-11H2. The molecule has 0 aromatic carbocycles. The minimum absolute atomic E-state index is 0.106. The van der Waals surface area contributed by atoms with Gasteiger partial charge in [-0.1, -0.05) is 0 Å². The average Bonchev–Trinajstić information content (AvgIpc) is 3.29. The van der Waals surface area contributed by atoms with E-state index in [9.17, 15) is 18.0 Å². The van der Waals surface area contributed by atoms with Crippen molar-refractivity contribution in [3.8, 4) is 0 Å². The summed E-state index contributed by atoms with van der Waals surface area (Å²) >= 11 is 1.73. The van der Waals surface area contributed by atoms with Gasteiger partial charge in [-0.05, 0) is 42.0 Å². The predicted molar refractivity (Wildman–Crippen MR) is 93.0 cm³/mol. The van der Waals surface area contributed by atoms with Crippen molar-refractivity contribution in [2.45, 2.75) is 25.6 Å². The number of fused-ring (bicyclic) bond motifs is 1. The Bertz CT molecular complexity index is 820. The topological polar surface area (TPSA) is 36.4 Å². The number of halogens is 3. The SMILES string of the molecule is O=C(C1CCN(c2ccnc(C(F)(F)F)c2)C1)N1CCc2sccc2C1. The van der Waals surface area contributed by atoms with Crippen molar-refractivity contribution in [2.24, 2.45) is 5.92 Å². The smallest absolute Gasteiger partial charge is 0.371 e. The maximum atomic E-state index is 12.9. The molecule has 138 valence electrons. The van der Waals surface area contributed by atoms with Crippen LogP contribution in [0, 0.1) is 5.92 Å². The van der Waals surface area contributed by atoms with Gasteiger partial charge in [0.05, 0.1) is 5.92 Å². The number of nitrogens with zero attached hydrogens (tertiary/aromatic N) is 3. The van der Waals surface area contributed by atoms with Gasteiger partial charge in [0.25, 0.3) is 0 Å². The van der Waals surface area contributed by atoms with E-state index in [2.05, 4.69) is 16.4 Å². The fourth-order valence-corrected chi connectivity index (χ4v) is 4.55. The fourth-order valence-electron chi connectivity index (χ4n) is 3.66. The molecule has 4 rings (SSSR count). The second-order valence-corrected chi connectivity index (χ2v) is 7.71. The number of aromatic nitrogens is 1. The Balaban J connectivity index is 1.43. The lowest BCUT2D eigenvalue weighted by Gasteiger charge is -2.29. The van der Waals surface area contributed by atoms with Crippen molar-refractivity contribution in [2.75, 3.05) is 24.5 Å². The molecule has 1 saturated heterocycles. The molecule has 1 unspecified atom stereocenters. The summed E-state index contributed by atoms with van der Waals surface area (Å²) in [5, 5.41) is 2.05. The maximum Gasteiger partial charge on any atom is 0.433 e. The Morgan fingerprint density at radius 1 is 1.27 bits per heavy atom.